The molecule has 0 spiro atoms. The van der Waals surface area contributed by atoms with Gasteiger partial charge >= 0.3 is 0 Å². The van der Waals surface area contributed by atoms with Crippen molar-refractivity contribution in [3.8, 4) is 0 Å². The van der Waals surface area contributed by atoms with E-state index in [4.69, 9.17) is 10.5 Å². The van der Waals surface area contributed by atoms with E-state index < -0.39 is 17.3 Å². The van der Waals surface area contributed by atoms with Gasteiger partial charge in [0.25, 0.3) is 5.91 Å². The Bertz CT molecular complexity index is 471. The third-order valence-corrected chi connectivity index (χ3v) is 3.59. The maximum Gasteiger partial charge on any atom is 0.254 e. The third kappa shape index (κ3) is 3.11. The number of halogens is 1. The molecule has 0 atom stereocenters. The molecule has 1 saturated heterocycles. The van der Waals surface area contributed by atoms with Gasteiger partial charge in [0.1, 0.15) is 5.82 Å². The van der Waals surface area contributed by atoms with Crippen molar-refractivity contribution in [1.82, 2.24) is 5.32 Å². The lowest BCUT2D eigenvalue weighted by atomic mass is 9.89. The van der Waals surface area contributed by atoms with Crippen LogP contribution < -0.4 is 11.1 Å². The van der Waals surface area contributed by atoms with Gasteiger partial charge in [0.05, 0.1) is 11.1 Å². The number of carbonyl (C=O) groups is 1. The second kappa shape index (κ2) is 5.67. The molecule has 1 aromatic rings. The smallest absolute Gasteiger partial charge is 0.254 e. The largest absolute Gasteiger partial charge is 0.381 e. The van der Waals surface area contributed by atoms with E-state index in [1.165, 1.54) is 12.1 Å². The van der Waals surface area contributed by atoms with Crippen molar-refractivity contribution in [2.45, 2.75) is 25.3 Å². The van der Waals surface area contributed by atoms with E-state index in [-0.39, 0.29) is 5.56 Å². The topological polar surface area (TPSA) is 64.4 Å². The minimum atomic E-state index is -0.503. The van der Waals surface area contributed by atoms with Crippen LogP contribution in [0.15, 0.2) is 18.2 Å². The Hall–Kier alpha value is -1.46. The SMILES string of the molecule is Cc1ccc(C(=O)NC2(CN)CCOCC2)c(F)c1. The van der Waals surface area contributed by atoms with E-state index >= 15 is 0 Å². The first-order valence-electron chi connectivity index (χ1n) is 6.43. The lowest BCUT2D eigenvalue weighted by Crippen LogP contribution is -2.56. The molecular weight excluding hydrogens is 247 g/mol. The highest BCUT2D eigenvalue weighted by atomic mass is 19.1. The standard InChI is InChI=1S/C14H19FN2O2/c1-10-2-3-11(12(15)8-10)13(18)17-14(9-16)4-6-19-7-5-14/h2-3,8H,4-7,9,16H2,1H3,(H,17,18). The first-order chi connectivity index (χ1) is 9.06. The Kier molecular flexibility index (Phi) is 4.17. The predicted molar refractivity (Wildman–Crippen MR) is 70.4 cm³/mol. The first-order valence-corrected chi connectivity index (χ1v) is 6.43. The minimum Gasteiger partial charge on any atom is -0.381 e. The zero-order chi connectivity index (χ0) is 13.9. The number of hydrogen-bond acceptors (Lipinski definition) is 3. The number of benzene rings is 1. The van der Waals surface area contributed by atoms with Crippen LogP contribution in [0.1, 0.15) is 28.8 Å². The zero-order valence-electron chi connectivity index (χ0n) is 11.0. The Balaban J connectivity index is 2.15. The van der Waals surface area contributed by atoms with Gasteiger partial charge in [0.2, 0.25) is 0 Å². The number of hydrogen-bond donors (Lipinski definition) is 2. The molecule has 0 radical (unpaired) electrons. The molecule has 1 aromatic carbocycles. The fourth-order valence-electron chi connectivity index (χ4n) is 2.25. The van der Waals surface area contributed by atoms with Crippen molar-refractivity contribution < 1.29 is 13.9 Å². The summed E-state index contributed by atoms with van der Waals surface area (Å²) in [6, 6.07) is 4.58. The number of ether oxygens (including phenoxy) is 1. The van der Waals surface area contributed by atoms with Crippen LogP contribution in [0.4, 0.5) is 4.39 Å². The monoisotopic (exact) mass is 266 g/mol. The summed E-state index contributed by atoms with van der Waals surface area (Å²) < 4.78 is 19.0. The molecule has 0 aromatic heterocycles. The third-order valence-electron chi connectivity index (χ3n) is 3.59. The molecule has 0 saturated carbocycles. The summed E-state index contributed by atoms with van der Waals surface area (Å²) in [5.74, 6) is -0.915. The van der Waals surface area contributed by atoms with Crippen LogP contribution in [0.2, 0.25) is 0 Å². The summed E-state index contributed by atoms with van der Waals surface area (Å²) in [5.41, 5.74) is 6.13. The zero-order valence-corrected chi connectivity index (χ0v) is 11.0. The molecule has 1 amide bonds. The highest BCUT2D eigenvalue weighted by molar-refractivity contribution is 5.95. The van der Waals surface area contributed by atoms with Crippen LogP contribution in [-0.2, 0) is 4.74 Å². The van der Waals surface area contributed by atoms with Gasteiger partial charge in [-0.25, -0.2) is 4.39 Å². The Morgan fingerprint density at radius 1 is 1.47 bits per heavy atom. The summed E-state index contributed by atoms with van der Waals surface area (Å²) in [6.45, 7) is 3.24. The van der Waals surface area contributed by atoms with Gasteiger partial charge in [-0.3, -0.25) is 4.79 Å². The molecule has 3 N–H and O–H groups in total. The van der Waals surface area contributed by atoms with Crippen LogP contribution in [0.3, 0.4) is 0 Å². The second-order valence-corrected chi connectivity index (χ2v) is 5.03. The maximum absolute atomic E-state index is 13.8. The fourth-order valence-corrected chi connectivity index (χ4v) is 2.25. The van der Waals surface area contributed by atoms with E-state index in [2.05, 4.69) is 5.32 Å². The van der Waals surface area contributed by atoms with Crippen molar-refractivity contribution in [2.24, 2.45) is 5.73 Å². The molecule has 1 heterocycles. The molecule has 1 aliphatic rings. The van der Waals surface area contributed by atoms with Gasteiger partial charge in [-0.2, -0.15) is 0 Å². The number of nitrogens with two attached hydrogens (primary N) is 1. The Labute approximate surface area is 112 Å². The predicted octanol–water partition coefficient (Wildman–Crippen LogP) is 1.37. The number of amides is 1. The lowest BCUT2D eigenvalue weighted by molar-refractivity contribution is 0.0387. The maximum atomic E-state index is 13.8. The molecule has 1 fully saturated rings. The van der Waals surface area contributed by atoms with Crippen LogP contribution in [-0.4, -0.2) is 31.2 Å². The average Bonchev–Trinajstić information content (AvgIpc) is 2.39. The molecule has 104 valence electrons. The quantitative estimate of drug-likeness (QED) is 0.868. The fraction of sp³-hybridized carbons (Fsp3) is 0.500. The molecular formula is C14H19FN2O2. The summed E-state index contributed by atoms with van der Waals surface area (Å²) in [6.07, 6.45) is 1.31. The van der Waals surface area contributed by atoms with Gasteiger partial charge < -0.3 is 15.8 Å². The van der Waals surface area contributed by atoms with Gasteiger partial charge in [-0.1, -0.05) is 6.07 Å². The van der Waals surface area contributed by atoms with E-state index in [0.717, 1.165) is 5.56 Å². The van der Waals surface area contributed by atoms with Crippen LogP contribution in [0.5, 0.6) is 0 Å². The van der Waals surface area contributed by atoms with Crippen LogP contribution >= 0.6 is 0 Å². The van der Waals surface area contributed by atoms with Crippen molar-refractivity contribution in [3.05, 3.63) is 35.1 Å². The van der Waals surface area contributed by atoms with E-state index in [0.29, 0.717) is 32.6 Å². The van der Waals surface area contributed by atoms with Gasteiger partial charge in [0.15, 0.2) is 0 Å². The Morgan fingerprint density at radius 3 is 2.74 bits per heavy atom. The van der Waals surface area contributed by atoms with Crippen LogP contribution in [0, 0.1) is 12.7 Å². The normalized spacial score (nSPS) is 18.1. The van der Waals surface area contributed by atoms with Crippen molar-refractivity contribution >= 4 is 5.91 Å². The average molecular weight is 266 g/mol. The molecule has 0 unspecified atom stereocenters. The van der Waals surface area contributed by atoms with E-state index in [9.17, 15) is 9.18 Å². The van der Waals surface area contributed by atoms with Gasteiger partial charge in [0, 0.05) is 19.8 Å². The van der Waals surface area contributed by atoms with Crippen molar-refractivity contribution in [1.29, 1.82) is 0 Å². The van der Waals surface area contributed by atoms with E-state index in [1.54, 1.807) is 13.0 Å². The van der Waals surface area contributed by atoms with Crippen LogP contribution in [0.25, 0.3) is 0 Å². The summed E-state index contributed by atoms with van der Waals surface area (Å²) in [5, 5.41) is 2.87. The second-order valence-electron chi connectivity index (χ2n) is 5.03. The van der Waals surface area contributed by atoms with Crippen molar-refractivity contribution in [2.75, 3.05) is 19.8 Å². The molecule has 0 bridgehead atoms. The number of aryl methyl sites for hydroxylation is 1. The van der Waals surface area contributed by atoms with Gasteiger partial charge in [-0.05, 0) is 37.5 Å². The van der Waals surface area contributed by atoms with Gasteiger partial charge in [-0.15, -0.1) is 0 Å². The summed E-state index contributed by atoms with van der Waals surface area (Å²) >= 11 is 0. The highest BCUT2D eigenvalue weighted by Crippen LogP contribution is 2.20. The number of nitrogens with one attached hydrogen (secondary N) is 1. The highest BCUT2D eigenvalue weighted by Gasteiger charge is 2.33. The molecule has 1 aliphatic heterocycles. The number of carbonyl (C=O) groups excluding carboxylic acids is 1. The summed E-state index contributed by atoms with van der Waals surface area (Å²) in [7, 11) is 0. The van der Waals surface area contributed by atoms with Crippen molar-refractivity contribution in [3.63, 3.8) is 0 Å². The first kappa shape index (κ1) is 14.0. The molecule has 19 heavy (non-hydrogen) atoms. The molecule has 0 aliphatic carbocycles. The summed E-state index contributed by atoms with van der Waals surface area (Å²) in [4.78, 5) is 12.2. The molecule has 4 nitrogen and oxygen atoms in total. The lowest BCUT2D eigenvalue weighted by Gasteiger charge is -2.37. The molecule has 2 rings (SSSR count). The van der Waals surface area contributed by atoms with E-state index in [1.807, 2.05) is 0 Å². The molecule has 5 heteroatoms. The number of rotatable bonds is 3. The minimum absolute atomic E-state index is 0.0601. The Morgan fingerprint density at radius 2 is 2.16 bits per heavy atom.